The second-order valence-electron chi connectivity index (χ2n) is 4.49. The fourth-order valence-electron chi connectivity index (χ4n) is 1.90. The van der Waals surface area contributed by atoms with Gasteiger partial charge in [0.05, 0.1) is 0 Å². The van der Waals surface area contributed by atoms with E-state index in [1.165, 1.54) is 0 Å². The molecule has 0 aliphatic rings. The maximum absolute atomic E-state index is 11.6. The Hall–Kier alpha value is -1.55. The number of nitrogens with two attached hydrogens (primary N) is 1. The van der Waals surface area contributed by atoms with Crippen LogP contribution in [0.15, 0.2) is 24.3 Å². The number of rotatable bonds is 8. The van der Waals surface area contributed by atoms with Crippen LogP contribution in [-0.4, -0.2) is 37.1 Å². The van der Waals surface area contributed by atoms with Gasteiger partial charge >= 0.3 is 5.97 Å². The van der Waals surface area contributed by atoms with Gasteiger partial charge in [-0.2, -0.15) is 0 Å². The molecule has 2 N–H and O–H groups in total. The average molecular weight is 264 g/mol. The molecule has 0 heterocycles. The van der Waals surface area contributed by atoms with E-state index in [0.29, 0.717) is 19.4 Å². The highest BCUT2D eigenvalue weighted by Gasteiger charge is 2.05. The van der Waals surface area contributed by atoms with Crippen molar-refractivity contribution in [1.82, 2.24) is 4.90 Å². The Kier molecular flexibility index (Phi) is 6.97. The first-order chi connectivity index (χ1) is 9.15. The van der Waals surface area contributed by atoms with Crippen LogP contribution < -0.4 is 5.73 Å². The van der Waals surface area contributed by atoms with Crippen molar-refractivity contribution < 1.29 is 9.53 Å². The minimum absolute atomic E-state index is 0.144. The van der Waals surface area contributed by atoms with Crippen molar-refractivity contribution in [3.05, 3.63) is 29.8 Å². The van der Waals surface area contributed by atoms with Crippen LogP contribution in [0.5, 0.6) is 0 Å². The van der Waals surface area contributed by atoms with Crippen LogP contribution in [0.1, 0.15) is 25.8 Å². The third-order valence-corrected chi connectivity index (χ3v) is 3.13. The molecule has 0 bridgehead atoms. The van der Waals surface area contributed by atoms with Crippen LogP contribution in [0, 0.1) is 0 Å². The second kappa shape index (κ2) is 8.53. The molecule has 0 saturated carbocycles. The third kappa shape index (κ3) is 6.25. The number of carbonyl (C=O) groups excluding carboxylic acids is 1. The molecule has 106 valence electrons. The lowest BCUT2D eigenvalue weighted by Crippen LogP contribution is -2.27. The summed E-state index contributed by atoms with van der Waals surface area (Å²) in [6, 6.07) is 7.60. The summed E-state index contributed by atoms with van der Waals surface area (Å²) in [4.78, 5) is 13.8. The molecule has 0 aromatic heterocycles. The van der Waals surface area contributed by atoms with E-state index in [1.807, 2.05) is 24.3 Å². The molecule has 19 heavy (non-hydrogen) atoms. The van der Waals surface area contributed by atoms with E-state index in [0.717, 1.165) is 30.9 Å². The van der Waals surface area contributed by atoms with E-state index in [-0.39, 0.29) is 5.97 Å². The predicted octanol–water partition coefficient (Wildman–Crippen LogP) is 2.09. The summed E-state index contributed by atoms with van der Waals surface area (Å²) in [5, 5.41) is 0. The number of benzene rings is 1. The van der Waals surface area contributed by atoms with Crippen LogP contribution in [0.25, 0.3) is 0 Å². The van der Waals surface area contributed by atoms with Crippen LogP contribution in [-0.2, 0) is 16.0 Å². The largest absolute Gasteiger partial charge is 0.464 e. The highest BCUT2D eigenvalue weighted by molar-refractivity contribution is 5.69. The zero-order valence-corrected chi connectivity index (χ0v) is 11.9. The summed E-state index contributed by atoms with van der Waals surface area (Å²) < 4.78 is 5.22. The van der Waals surface area contributed by atoms with E-state index in [4.69, 9.17) is 10.5 Å². The van der Waals surface area contributed by atoms with E-state index in [9.17, 15) is 4.79 Å². The fourth-order valence-corrected chi connectivity index (χ4v) is 1.90. The van der Waals surface area contributed by atoms with Gasteiger partial charge in [0.25, 0.3) is 0 Å². The van der Waals surface area contributed by atoms with Crippen LogP contribution in [0.4, 0.5) is 5.69 Å². The number of ether oxygens (including phenoxy) is 1. The van der Waals surface area contributed by atoms with Gasteiger partial charge < -0.3 is 15.4 Å². The number of hydrogen-bond acceptors (Lipinski definition) is 4. The first kappa shape index (κ1) is 15.5. The SMILES string of the molecule is CCN(CC)CCOC(=O)CCc1cccc(N)c1. The molecule has 1 rings (SSSR count). The van der Waals surface area contributed by atoms with Gasteiger partial charge in [-0.25, -0.2) is 0 Å². The maximum Gasteiger partial charge on any atom is 0.306 e. The first-order valence-corrected chi connectivity index (χ1v) is 6.88. The van der Waals surface area contributed by atoms with Crippen molar-refractivity contribution in [2.45, 2.75) is 26.7 Å². The zero-order valence-electron chi connectivity index (χ0n) is 11.9. The minimum atomic E-state index is -0.144. The Morgan fingerprint density at radius 2 is 2.05 bits per heavy atom. The summed E-state index contributed by atoms with van der Waals surface area (Å²) in [7, 11) is 0. The highest BCUT2D eigenvalue weighted by Crippen LogP contribution is 2.09. The standard InChI is InChI=1S/C15H24N2O2/c1-3-17(4-2)10-11-19-15(18)9-8-13-6-5-7-14(16)12-13/h5-7,12H,3-4,8-11,16H2,1-2H3. The molecule has 1 aromatic carbocycles. The molecule has 4 nitrogen and oxygen atoms in total. The molecule has 4 heteroatoms. The van der Waals surface area contributed by atoms with E-state index in [2.05, 4.69) is 18.7 Å². The van der Waals surface area contributed by atoms with Gasteiger partial charge in [0.1, 0.15) is 6.61 Å². The van der Waals surface area contributed by atoms with E-state index < -0.39 is 0 Å². The van der Waals surface area contributed by atoms with Crippen molar-refractivity contribution in [3.63, 3.8) is 0 Å². The molecule has 0 spiro atoms. The molecular formula is C15H24N2O2. The lowest BCUT2D eigenvalue weighted by molar-refractivity contribution is -0.144. The normalized spacial score (nSPS) is 10.7. The van der Waals surface area contributed by atoms with Gasteiger partial charge in [0.15, 0.2) is 0 Å². The summed E-state index contributed by atoms with van der Waals surface area (Å²) in [5.74, 6) is -0.144. The molecule has 0 fully saturated rings. The summed E-state index contributed by atoms with van der Waals surface area (Å²) >= 11 is 0. The van der Waals surface area contributed by atoms with Gasteiger partial charge in [-0.3, -0.25) is 4.79 Å². The van der Waals surface area contributed by atoms with Crippen LogP contribution in [0.2, 0.25) is 0 Å². The van der Waals surface area contributed by atoms with Gasteiger partial charge in [-0.15, -0.1) is 0 Å². The van der Waals surface area contributed by atoms with Gasteiger partial charge in [0.2, 0.25) is 0 Å². The van der Waals surface area contributed by atoms with Crippen LogP contribution in [0.3, 0.4) is 0 Å². The molecule has 1 aromatic rings. The number of esters is 1. The Labute approximate surface area is 115 Å². The third-order valence-electron chi connectivity index (χ3n) is 3.13. The Morgan fingerprint density at radius 1 is 1.32 bits per heavy atom. The predicted molar refractivity (Wildman–Crippen MR) is 77.9 cm³/mol. The van der Waals surface area contributed by atoms with Crippen molar-refractivity contribution >= 4 is 11.7 Å². The van der Waals surface area contributed by atoms with Crippen molar-refractivity contribution in [1.29, 1.82) is 0 Å². The van der Waals surface area contributed by atoms with Gasteiger partial charge in [-0.05, 0) is 37.2 Å². The summed E-state index contributed by atoms with van der Waals surface area (Å²) in [6.07, 6.45) is 1.08. The number of carbonyl (C=O) groups is 1. The van der Waals surface area contributed by atoms with Crippen molar-refractivity contribution in [2.24, 2.45) is 0 Å². The van der Waals surface area contributed by atoms with Gasteiger partial charge in [0, 0.05) is 18.7 Å². The number of nitrogen functional groups attached to an aromatic ring is 1. The number of nitrogens with zero attached hydrogens (tertiary/aromatic N) is 1. The Bertz CT molecular complexity index is 389. The molecule has 0 atom stereocenters. The monoisotopic (exact) mass is 264 g/mol. The Balaban J connectivity index is 2.21. The average Bonchev–Trinajstić information content (AvgIpc) is 2.41. The number of likely N-dealkylation sites (N-methyl/N-ethyl adjacent to an activating group) is 1. The lowest BCUT2D eigenvalue weighted by Gasteiger charge is -2.17. The fraction of sp³-hybridized carbons (Fsp3) is 0.533. The van der Waals surface area contributed by atoms with Crippen molar-refractivity contribution in [2.75, 3.05) is 32.0 Å². The summed E-state index contributed by atoms with van der Waals surface area (Å²) in [5.41, 5.74) is 7.49. The van der Waals surface area contributed by atoms with Crippen LogP contribution >= 0.6 is 0 Å². The molecule has 0 aliphatic carbocycles. The number of anilines is 1. The van der Waals surface area contributed by atoms with E-state index in [1.54, 1.807) is 0 Å². The second-order valence-corrected chi connectivity index (χ2v) is 4.49. The van der Waals surface area contributed by atoms with E-state index >= 15 is 0 Å². The maximum atomic E-state index is 11.6. The summed E-state index contributed by atoms with van der Waals surface area (Å²) in [6.45, 7) is 7.44. The molecule has 0 aliphatic heterocycles. The van der Waals surface area contributed by atoms with Crippen molar-refractivity contribution in [3.8, 4) is 0 Å². The number of aryl methyl sites for hydroxylation is 1. The van der Waals surface area contributed by atoms with Gasteiger partial charge in [-0.1, -0.05) is 26.0 Å². The smallest absolute Gasteiger partial charge is 0.306 e. The zero-order chi connectivity index (χ0) is 14.1. The minimum Gasteiger partial charge on any atom is -0.464 e. The molecule has 0 radical (unpaired) electrons. The lowest BCUT2D eigenvalue weighted by atomic mass is 10.1. The molecule has 0 saturated heterocycles. The molecular weight excluding hydrogens is 240 g/mol. The molecule has 0 unspecified atom stereocenters. The quantitative estimate of drug-likeness (QED) is 0.577. The highest BCUT2D eigenvalue weighted by atomic mass is 16.5. The Morgan fingerprint density at radius 3 is 2.68 bits per heavy atom. The molecule has 0 amide bonds. The number of hydrogen-bond donors (Lipinski definition) is 1. The topological polar surface area (TPSA) is 55.6 Å². The first-order valence-electron chi connectivity index (χ1n) is 6.88.